The number of hydrogen-bond acceptors (Lipinski definition) is 4. The number of halogens is 1. The minimum absolute atomic E-state index is 0.235. The quantitative estimate of drug-likeness (QED) is 0.599. The van der Waals surface area contributed by atoms with E-state index in [1.807, 2.05) is 0 Å². The van der Waals surface area contributed by atoms with Gasteiger partial charge < -0.3 is 10.7 Å². The molecule has 62 valence electrons. The number of aromatic nitrogens is 5. The lowest BCUT2D eigenvalue weighted by atomic mass is 10.4. The number of aromatic amines is 2. The highest BCUT2D eigenvalue weighted by Gasteiger charge is 2.09. The Kier molecular flexibility index (Phi) is 1.47. The first kappa shape index (κ1) is 7.11. The Morgan fingerprint density at radius 2 is 2.33 bits per heavy atom. The van der Waals surface area contributed by atoms with Gasteiger partial charge in [-0.15, -0.1) is 0 Å². The Morgan fingerprint density at radius 1 is 1.50 bits per heavy atom. The minimum Gasteiger partial charge on any atom is -0.382 e. The van der Waals surface area contributed by atoms with Gasteiger partial charge in [-0.1, -0.05) is 0 Å². The van der Waals surface area contributed by atoms with Gasteiger partial charge in [-0.25, -0.2) is 9.97 Å². The van der Waals surface area contributed by atoms with Crippen LogP contribution in [0.3, 0.4) is 0 Å². The van der Waals surface area contributed by atoms with Crippen molar-refractivity contribution in [2.75, 3.05) is 5.73 Å². The van der Waals surface area contributed by atoms with E-state index in [2.05, 4.69) is 25.1 Å². The first-order chi connectivity index (χ1) is 5.77. The summed E-state index contributed by atoms with van der Waals surface area (Å²) in [7, 11) is 0. The van der Waals surface area contributed by atoms with Gasteiger partial charge in [0, 0.05) is 0 Å². The topological polar surface area (TPSA) is 96.3 Å². The minimum atomic E-state index is 0.235. The molecule has 2 heterocycles. The second-order valence-corrected chi connectivity index (χ2v) is 2.48. The van der Waals surface area contributed by atoms with Crippen molar-refractivity contribution >= 4 is 17.4 Å². The first-order valence-electron chi connectivity index (χ1n) is 3.14. The van der Waals surface area contributed by atoms with Gasteiger partial charge >= 0.3 is 0 Å². The Hall–Kier alpha value is -1.56. The smallest absolute Gasteiger partial charge is 0.202 e. The average molecular weight is 185 g/mol. The van der Waals surface area contributed by atoms with Crippen molar-refractivity contribution in [3.63, 3.8) is 0 Å². The van der Waals surface area contributed by atoms with Crippen LogP contribution < -0.4 is 5.73 Å². The Morgan fingerprint density at radius 3 is 2.83 bits per heavy atom. The van der Waals surface area contributed by atoms with Crippen molar-refractivity contribution in [1.29, 1.82) is 0 Å². The maximum absolute atomic E-state index is 5.57. The summed E-state index contributed by atoms with van der Waals surface area (Å²) in [5.74, 6) is 0.823. The molecule has 0 unspecified atom stereocenters. The van der Waals surface area contributed by atoms with Gasteiger partial charge in [0.1, 0.15) is 12.0 Å². The number of H-pyrrole nitrogens is 2. The lowest BCUT2D eigenvalue weighted by molar-refractivity contribution is 1.09. The number of nitrogens with two attached hydrogens (primary N) is 1. The molecule has 0 amide bonds. The third-order valence-corrected chi connectivity index (χ3v) is 1.53. The molecule has 7 heteroatoms. The molecule has 0 spiro atoms. The normalized spacial score (nSPS) is 10.4. The predicted octanol–water partition coefficient (Wildman–Crippen LogP) is 0.430. The zero-order valence-corrected chi connectivity index (χ0v) is 6.63. The number of hydrogen-bond donors (Lipinski definition) is 3. The summed E-state index contributed by atoms with van der Waals surface area (Å²) in [5.41, 5.74) is 6.07. The van der Waals surface area contributed by atoms with Crippen LogP contribution in [0.1, 0.15) is 0 Å². The van der Waals surface area contributed by atoms with Crippen molar-refractivity contribution in [2.45, 2.75) is 0 Å². The van der Waals surface area contributed by atoms with E-state index in [4.69, 9.17) is 17.3 Å². The fourth-order valence-electron chi connectivity index (χ4n) is 0.863. The van der Waals surface area contributed by atoms with E-state index in [1.54, 1.807) is 0 Å². The Balaban J connectivity index is 2.54. The summed E-state index contributed by atoms with van der Waals surface area (Å²) in [4.78, 5) is 10.4. The maximum Gasteiger partial charge on any atom is 0.202 e. The molecule has 0 aliphatic rings. The predicted molar refractivity (Wildman–Crippen MR) is 43.4 cm³/mol. The number of nitrogen functional groups attached to an aromatic ring is 1. The van der Waals surface area contributed by atoms with Crippen LogP contribution in [0.15, 0.2) is 6.33 Å². The molecule has 0 aliphatic carbocycles. The van der Waals surface area contributed by atoms with E-state index < -0.39 is 0 Å². The van der Waals surface area contributed by atoms with Crippen LogP contribution in [-0.2, 0) is 0 Å². The molecule has 0 aliphatic heterocycles. The zero-order chi connectivity index (χ0) is 8.55. The van der Waals surface area contributed by atoms with Crippen LogP contribution in [0, 0.1) is 0 Å². The molecule has 0 bridgehead atoms. The molecule has 2 rings (SSSR count). The summed E-state index contributed by atoms with van der Waals surface area (Å²) in [6.45, 7) is 0. The van der Waals surface area contributed by atoms with E-state index >= 15 is 0 Å². The molecule has 0 aromatic carbocycles. The van der Waals surface area contributed by atoms with Gasteiger partial charge in [0.05, 0.1) is 0 Å². The number of nitrogens with zero attached hydrogens (tertiary/aromatic N) is 3. The fraction of sp³-hybridized carbons (Fsp3) is 0. The molecule has 2 aromatic rings. The van der Waals surface area contributed by atoms with E-state index in [0.717, 1.165) is 0 Å². The summed E-state index contributed by atoms with van der Waals surface area (Å²) in [6.07, 6.45) is 1.38. The van der Waals surface area contributed by atoms with Gasteiger partial charge in [-0.05, 0) is 11.6 Å². The van der Waals surface area contributed by atoms with Gasteiger partial charge in [-0.2, -0.15) is 5.10 Å². The molecule has 2 aromatic heterocycles. The lowest BCUT2D eigenvalue weighted by Crippen LogP contribution is -1.89. The van der Waals surface area contributed by atoms with Crippen molar-refractivity contribution in [1.82, 2.24) is 25.1 Å². The lowest BCUT2D eigenvalue weighted by Gasteiger charge is -1.89. The summed E-state index contributed by atoms with van der Waals surface area (Å²) in [6, 6.07) is 0. The molecule has 0 atom stereocenters. The second kappa shape index (κ2) is 2.49. The van der Waals surface area contributed by atoms with Crippen LogP contribution in [-0.4, -0.2) is 25.1 Å². The van der Waals surface area contributed by atoms with E-state index in [9.17, 15) is 0 Å². The summed E-state index contributed by atoms with van der Waals surface area (Å²) in [5, 5.41) is 6.54. The van der Waals surface area contributed by atoms with Gasteiger partial charge in [0.2, 0.25) is 5.28 Å². The number of anilines is 1. The van der Waals surface area contributed by atoms with Crippen molar-refractivity contribution in [2.24, 2.45) is 0 Å². The van der Waals surface area contributed by atoms with E-state index in [0.29, 0.717) is 17.3 Å². The molecule has 0 saturated carbocycles. The highest BCUT2D eigenvalue weighted by molar-refractivity contribution is 6.28. The summed E-state index contributed by atoms with van der Waals surface area (Å²) >= 11 is 5.57. The van der Waals surface area contributed by atoms with Gasteiger partial charge in [-0.3, -0.25) is 5.10 Å². The van der Waals surface area contributed by atoms with E-state index in [-0.39, 0.29) is 5.28 Å². The van der Waals surface area contributed by atoms with Crippen LogP contribution in [0.5, 0.6) is 0 Å². The molecule has 0 radical (unpaired) electrons. The van der Waals surface area contributed by atoms with Crippen molar-refractivity contribution in [3.05, 3.63) is 11.6 Å². The van der Waals surface area contributed by atoms with Crippen molar-refractivity contribution < 1.29 is 0 Å². The average Bonchev–Trinajstić information content (AvgIpc) is 2.58. The Bertz CT molecular complexity index is 377. The number of nitrogens with one attached hydrogen (secondary N) is 2. The number of rotatable bonds is 1. The molecule has 4 N–H and O–H groups in total. The molecule has 0 saturated heterocycles. The highest BCUT2D eigenvalue weighted by Crippen LogP contribution is 2.20. The fourth-order valence-corrected chi connectivity index (χ4v) is 1.05. The van der Waals surface area contributed by atoms with Gasteiger partial charge in [0.15, 0.2) is 11.6 Å². The third kappa shape index (κ3) is 1.02. The van der Waals surface area contributed by atoms with Crippen LogP contribution in [0.25, 0.3) is 11.5 Å². The Labute approximate surface area is 72.2 Å². The monoisotopic (exact) mass is 184 g/mol. The molecular formula is C5H5ClN6. The zero-order valence-electron chi connectivity index (χ0n) is 5.87. The molecule has 0 fully saturated rings. The van der Waals surface area contributed by atoms with Gasteiger partial charge in [0.25, 0.3) is 0 Å². The third-order valence-electron chi connectivity index (χ3n) is 1.35. The maximum atomic E-state index is 5.57. The largest absolute Gasteiger partial charge is 0.382 e. The number of imidazole rings is 1. The van der Waals surface area contributed by atoms with Crippen molar-refractivity contribution in [3.8, 4) is 11.5 Å². The standard InChI is InChI=1S/C5H5ClN6/c6-5-10-2(3(7)11-5)4-8-1-9-12-4/h1H,7H2,(H,10,11)(H,8,9,12). The highest BCUT2D eigenvalue weighted by atomic mass is 35.5. The molecule has 12 heavy (non-hydrogen) atoms. The molecular weight excluding hydrogens is 180 g/mol. The first-order valence-corrected chi connectivity index (χ1v) is 3.52. The second-order valence-electron chi connectivity index (χ2n) is 2.12. The van der Waals surface area contributed by atoms with Crippen LogP contribution in [0.2, 0.25) is 5.28 Å². The SMILES string of the molecule is Nc1nc(Cl)[nH]c1-c1ncn[nH]1. The van der Waals surface area contributed by atoms with Crippen LogP contribution >= 0.6 is 11.6 Å². The summed E-state index contributed by atoms with van der Waals surface area (Å²) < 4.78 is 0. The molecule has 6 nitrogen and oxygen atoms in total. The van der Waals surface area contributed by atoms with E-state index in [1.165, 1.54) is 6.33 Å². The van der Waals surface area contributed by atoms with Crippen LogP contribution in [0.4, 0.5) is 5.82 Å².